The summed E-state index contributed by atoms with van der Waals surface area (Å²) in [7, 11) is -3.79. The van der Waals surface area contributed by atoms with Crippen molar-refractivity contribution in [3.8, 4) is 0 Å². The number of nitrogens with one attached hydrogen (secondary N) is 2. The maximum Gasteiger partial charge on any atom is 0.255 e. The number of carbonyl (C=O) groups is 3. The molecule has 3 aromatic rings. The Morgan fingerprint density at radius 3 is 2.15 bits per heavy atom. The molecule has 1 aliphatic heterocycles. The Morgan fingerprint density at radius 1 is 0.927 bits per heavy atom. The van der Waals surface area contributed by atoms with Gasteiger partial charge in [-0.15, -0.1) is 0 Å². The largest absolute Gasteiger partial charge is 0.380 e. The van der Waals surface area contributed by atoms with Crippen LogP contribution in [0, 0.1) is 0 Å². The molecule has 0 saturated carbocycles. The fraction of sp³-hybridized carbons (Fsp3) is 0.323. The summed E-state index contributed by atoms with van der Waals surface area (Å²) in [5.74, 6) is -1.08. The van der Waals surface area contributed by atoms with E-state index in [9.17, 15) is 22.8 Å². The van der Waals surface area contributed by atoms with E-state index in [2.05, 4.69) is 31.4 Å². The van der Waals surface area contributed by atoms with Gasteiger partial charge < -0.3 is 16.4 Å². The third-order valence-corrected chi connectivity index (χ3v) is 9.08. The lowest BCUT2D eigenvalue weighted by molar-refractivity contribution is 0.0996. The summed E-state index contributed by atoms with van der Waals surface area (Å²) in [5, 5.41) is 6.15. The summed E-state index contributed by atoms with van der Waals surface area (Å²) in [5.41, 5.74) is 8.75. The Balaban J connectivity index is 1.50. The number of hydrogen-bond donors (Lipinski definition) is 3. The Labute approximate surface area is 241 Å². The van der Waals surface area contributed by atoms with Crippen molar-refractivity contribution in [3.63, 3.8) is 0 Å². The molecule has 4 N–H and O–H groups in total. The van der Waals surface area contributed by atoms with Gasteiger partial charge in [-0.2, -0.15) is 4.31 Å². The van der Waals surface area contributed by atoms with Crippen molar-refractivity contribution in [1.82, 2.24) is 4.31 Å². The van der Waals surface area contributed by atoms with Crippen LogP contribution in [0.4, 0.5) is 11.4 Å². The van der Waals surface area contributed by atoms with Crippen molar-refractivity contribution in [3.05, 3.63) is 89.0 Å². The van der Waals surface area contributed by atoms with E-state index in [0.717, 1.165) is 5.56 Å². The van der Waals surface area contributed by atoms with Crippen molar-refractivity contribution >= 4 is 39.0 Å². The van der Waals surface area contributed by atoms with E-state index in [1.54, 1.807) is 24.3 Å². The number of sulfonamides is 1. The number of nitrogens with two attached hydrogens (primary N) is 1. The highest BCUT2D eigenvalue weighted by Crippen LogP contribution is 2.27. The van der Waals surface area contributed by atoms with Gasteiger partial charge >= 0.3 is 0 Å². The number of amides is 2. The molecule has 10 heteroatoms. The molecule has 3 aromatic carbocycles. The van der Waals surface area contributed by atoms with Crippen molar-refractivity contribution in [2.75, 3.05) is 23.7 Å². The predicted molar refractivity (Wildman–Crippen MR) is 160 cm³/mol. The normalized spacial score (nSPS) is 16.1. The predicted octanol–water partition coefficient (Wildman–Crippen LogP) is 4.80. The summed E-state index contributed by atoms with van der Waals surface area (Å²) in [6.07, 6.45) is 1.28. The van der Waals surface area contributed by atoms with Crippen LogP contribution < -0.4 is 16.4 Å². The van der Waals surface area contributed by atoms with Crippen LogP contribution >= 0.6 is 0 Å². The lowest BCUT2D eigenvalue weighted by Gasteiger charge is -2.33. The number of benzene rings is 3. The maximum absolute atomic E-state index is 13.3. The fourth-order valence-electron chi connectivity index (χ4n) is 4.79. The lowest BCUT2D eigenvalue weighted by Crippen LogP contribution is -2.45. The first-order chi connectivity index (χ1) is 19.3. The van der Waals surface area contributed by atoms with E-state index >= 15 is 0 Å². The number of nitrogens with zero attached hydrogens (tertiary/aromatic N) is 1. The van der Waals surface area contributed by atoms with Crippen molar-refractivity contribution < 1.29 is 22.8 Å². The van der Waals surface area contributed by atoms with Gasteiger partial charge in [0.1, 0.15) is 0 Å². The van der Waals surface area contributed by atoms with Gasteiger partial charge in [-0.1, -0.05) is 45.0 Å². The molecule has 9 nitrogen and oxygen atoms in total. The minimum Gasteiger partial charge on any atom is -0.380 e. The monoisotopic (exact) mass is 576 g/mol. The van der Waals surface area contributed by atoms with Gasteiger partial charge in [0.05, 0.1) is 10.5 Å². The molecule has 1 unspecified atom stereocenters. The van der Waals surface area contributed by atoms with Crippen LogP contribution in [0.5, 0.6) is 0 Å². The molecule has 0 bridgehead atoms. The first kappa shape index (κ1) is 30.0. The summed E-state index contributed by atoms with van der Waals surface area (Å²) < 4.78 is 28.0. The summed E-state index contributed by atoms with van der Waals surface area (Å²) >= 11 is 0. The zero-order chi connectivity index (χ0) is 29.9. The minimum absolute atomic E-state index is 0.0334. The molecule has 0 spiro atoms. The van der Waals surface area contributed by atoms with Crippen LogP contribution in [0.1, 0.15) is 77.2 Å². The number of ketones is 1. The third-order valence-electron chi connectivity index (χ3n) is 7.20. The summed E-state index contributed by atoms with van der Waals surface area (Å²) in [6, 6.07) is 17.8. The van der Waals surface area contributed by atoms with Gasteiger partial charge in [0.15, 0.2) is 5.78 Å². The van der Waals surface area contributed by atoms with Gasteiger partial charge in [-0.05, 0) is 73.2 Å². The van der Waals surface area contributed by atoms with E-state index in [1.807, 2.05) is 12.1 Å². The molecule has 1 aliphatic rings. The molecular weight excluding hydrogens is 540 g/mol. The number of carbonyl (C=O) groups excluding carboxylic acids is 3. The van der Waals surface area contributed by atoms with Crippen LogP contribution in [0.3, 0.4) is 0 Å². The third kappa shape index (κ3) is 7.01. The molecule has 0 aromatic heterocycles. The fourth-order valence-corrected chi connectivity index (χ4v) is 6.31. The van der Waals surface area contributed by atoms with E-state index < -0.39 is 15.9 Å². The first-order valence-corrected chi connectivity index (χ1v) is 14.9. The van der Waals surface area contributed by atoms with Crippen LogP contribution in [0.25, 0.3) is 0 Å². The van der Waals surface area contributed by atoms with Crippen molar-refractivity contribution in [2.24, 2.45) is 5.73 Å². The van der Waals surface area contributed by atoms with E-state index in [0.29, 0.717) is 41.9 Å². The molecule has 216 valence electrons. The second-order valence-electron chi connectivity index (χ2n) is 11.3. The quantitative estimate of drug-likeness (QED) is 0.329. The zero-order valence-electron chi connectivity index (χ0n) is 23.7. The van der Waals surface area contributed by atoms with E-state index in [-0.39, 0.29) is 40.2 Å². The van der Waals surface area contributed by atoms with Gasteiger partial charge in [0.2, 0.25) is 10.0 Å². The summed E-state index contributed by atoms with van der Waals surface area (Å²) in [4.78, 5) is 36.8. The highest BCUT2D eigenvalue weighted by Gasteiger charge is 2.31. The molecule has 0 aliphatic carbocycles. The second kappa shape index (κ2) is 11.8. The molecule has 1 saturated heterocycles. The highest BCUT2D eigenvalue weighted by molar-refractivity contribution is 7.89. The smallest absolute Gasteiger partial charge is 0.255 e. The Morgan fingerprint density at radius 2 is 1.56 bits per heavy atom. The average Bonchev–Trinajstić information content (AvgIpc) is 2.93. The van der Waals surface area contributed by atoms with Crippen LogP contribution in [-0.2, 0) is 15.4 Å². The Bertz CT molecular complexity index is 1560. The Kier molecular flexibility index (Phi) is 8.65. The maximum atomic E-state index is 13.3. The molecule has 2 amide bonds. The number of piperidine rings is 1. The number of hydrogen-bond acceptors (Lipinski definition) is 6. The average molecular weight is 577 g/mol. The summed E-state index contributed by atoms with van der Waals surface area (Å²) in [6.45, 7) is 8.25. The van der Waals surface area contributed by atoms with Gasteiger partial charge in [-0.25, -0.2) is 8.42 Å². The molecular formula is C31H36N4O5S. The number of Topliss-reactive ketones (excluding diaryl/α,β-unsaturated/α-hetero) is 1. The SMILES string of the molecule is CC(=O)c1ccc(S(=O)(=O)N2CCCC(Nc3cc(NC(=O)c4ccc(C(C)(C)C)cc4)ccc3C(N)=O)C2)cc1. The molecule has 1 fully saturated rings. The van der Waals surface area contributed by atoms with Crippen molar-refractivity contribution in [1.29, 1.82) is 0 Å². The molecule has 41 heavy (non-hydrogen) atoms. The molecule has 1 atom stereocenters. The van der Waals surface area contributed by atoms with Crippen LogP contribution in [0.2, 0.25) is 0 Å². The number of rotatable bonds is 8. The minimum atomic E-state index is -3.79. The number of anilines is 2. The second-order valence-corrected chi connectivity index (χ2v) is 13.3. The van der Waals surface area contributed by atoms with Gasteiger partial charge in [0.25, 0.3) is 11.8 Å². The zero-order valence-corrected chi connectivity index (χ0v) is 24.5. The van der Waals surface area contributed by atoms with E-state index in [4.69, 9.17) is 5.73 Å². The molecule has 0 radical (unpaired) electrons. The number of primary amides is 1. The van der Waals surface area contributed by atoms with E-state index in [1.165, 1.54) is 41.6 Å². The van der Waals surface area contributed by atoms with Crippen molar-refractivity contribution in [2.45, 2.75) is 56.9 Å². The Hall–Kier alpha value is -4.02. The van der Waals surface area contributed by atoms with Gasteiger partial charge in [0, 0.05) is 41.6 Å². The van der Waals surface area contributed by atoms with Crippen LogP contribution in [0.15, 0.2) is 71.6 Å². The highest BCUT2D eigenvalue weighted by atomic mass is 32.2. The lowest BCUT2D eigenvalue weighted by atomic mass is 9.87. The first-order valence-electron chi connectivity index (χ1n) is 13.5. The molecule has 4 rings (SSSR count). The standard InChI is InChI=1S/C31H36N4O5S/c1-20(36)21-9-14-26(15-10-21)41(39,40)35-17-5-6-25(19-35)33-28-18-24(13-16-27(28)29(32)37)34-30(38)22-7-11-23(12-8-22)31(2,3)4/h7-16,18,25,33H,5-6,17,19H2,1-4H3,(H2,32,37)(H,34,38). The van der Waals surface area contributed by atoms with Crippen LogP contribution in [-0.4, -0.2) is 49.5 Å². The van der Waals surface area contributed by atoms with Gasteiger partial charge in [-0.3, -0.25) is 14.4 Å². The molecule has 1 heterocycles. The topological polar surface area (TPSA) is 139 Å².